The molecule has 2 amide bonds. The summed E-state index contributed by atoms with van der Waals surface area (Å²) in [6, 6.07) is 14.7. The van der Waals surface area contributed by atoms with Gasteiger partial charge in [-0.2, -0.15) is 0 Å². The van der Waals surface area contributed by atoms with Gasteiger partial charge in [-0.25, -0.2) is 0 Å². The maximum Gasteiger partial charge on any atom is 0.259 e. The van der Waals surface area contributed by atoms with Crippen molar-refractivity contribution in [3.8, 4) is 5.75 Å². The molecule has 0 bridgehead atoms. The van der Waals surface area contributed by atoms with Crippen molar-refractivity contribution in [3.05, 3.63) is 59.7 Å². The molecule has 6 nitrogen and oxygen atoms in total. The normalized spacial score (nSPS) is 10.4. The standard InChI is InChI=1S/C22H28N2O4/c1-4-27-14-15-28-20-11-6-5-10-19(20)22(26)23-18-9-7-8-17(16-18)12-13-21(25)24(2)3/h5-11,16H,4,12-15H2,1-3H3,(H,23,26). The number of amides is 2. The molecule has 0 aromatic heterocycles. The van der Waals surface area contributed by atoms with E-state index in [9.17, 15) is 9.59 Å². The van der Waals surface area contributed by atoms with Crippen LogP contribution in [0.4, 0.5) is 5.69 Å². The molecule has 0 aliphatic carbocycles. The second kappa shape index (κ2) is 11.1. The fourth-order valence-corrected chi connectivity index (χ4v) is 2.61. The minimum Gasteiger partial charge on any atom is -0.490 e. The number of aryl methyl sites for hydroxylation is 1. The molecule has 0 unspecified atom stereocenters. The van der Waals surface area contributed by atoms with E-state index in [0.717, 1.165) is 5.56 Å². The Morgan fingerprint density at radius 1 is 1.04 bits per heavy atom. The van der Waals surface area contributed by atoms with Gasteiger partial charge in [-0.15, -0.1) is 0 Å². The van der Waals surface area contributed by atoms with Crippen molar-refractivity contribution in [2.45, 2.75) is 19.8 Å². The molecule has 2 rings (SSSR count). The van der Waals surface area contributed by atoms with Gasteiger partial charge in [0.15, 0.2) is 0 Å². The number of hydrogen-bond acceptors (Lipinski definition) is 4. The third-order valence-electron chi connectivity index (χ3n) is 4.13. The second-order valence-electron chi connectivity index (χ2n) is 6.48. The largest absolute Gasteiger partial charge is 0.490 e. The van der Waals surface area contributed by atoms with E-state index in [1.807, 2.05) is 37.3 Å². The summed E-state index contributed by atoms with van der Waals surface area (Å²) in [5, 5.41) is 2.91. The highest BCUT2D eigenvalue weighted by atomic mass is 16.5. The average molecular weight is 384 g/mol. The van der Waals surface area contributed by atoms with Crippen LogP contribution >= 0.6 is 0 Å². The number of benzene rings is 2. The lowest BCUT2D eigenvalue weighted by Gasteiger charge is -2.13. The molecule has 0 fully saturated rings. The van der Waals surface area contributed by atoms with E-state index in [2.05, 4.69) is 5.32 Å². The minimum absolute atomic E-state index is 0.0765. The lowest BCUT2D eigenvalue weighted by Crippen LogP contribution is -2.21. The first kappa shape index (κ1) is 21.4. The van der Waals surface area contributed by atoms with E-state index in [0.29, 0.717) is 49.7 Å². The number of rotatable bonds is 10. The number of nitrogens with zero attached hydrogens (tertiary/aromatic N) is 1. The van der Waals surface area contributed by atoms with Gasteiger partial charge in [0.2, 0.25) is 5.91 Å². The molecule has 0 saturated carbocycles. The van der Waals surface area contributed by atoms with E-state index < -0.39 is 0 Å². The second-order valence-corrected chi connectivity index (χ2v) is 6.48. The van der Waals surface area contributed by atoms with E-state index in [4.69, 9.17) is 9.47 Å². The van der Waals surface area contributed by atoms with Crippen molar-refractivity contribution in [3.63, 3.8) is 0 Å². The molecule has 0 atom stereocenters. The lowest BCUT2D eigenvalue weighted by atomic mass is 10.1. The Morgan fingerprint density at radius 3 is 2.57 bits per heavy atom. The molecule has 150 valence electrons. The van der Waals surface area contributed by atoms with E-state index in [-0.39, 0.29) is 11.8 Å². The zero-order valence-corrected chi connectivity index (χ0v) is 16.7. The monoisotopic (exact) mass is 384 g/mol. The van der Waals surface area contributed by atoms with Gasteiger partial charge in [-0.3, -0.25) is 9.59 Å². The first-order valence-corrected chi connectivity index (χ1v) is 9.41. The SMILES string of the molecule is CCOCCOc1ccccc1C(=O)Nc1cccc(CCC(=O)N(C)C)c1. The highest BCUT2D eigenvalue weighted by Gasteiger charge is 2.13. The molecule has 6 heteroatoms. The van der Waals surface area contributed by atoms with Gasteiger partial charge in [0, 0.05) is 32.8 Å². The number of nitrogens with one attached hydrogen (secondary N) is 1. The van der Waals surface area contributed by atoms with Crippen LogP contribution in [0.3, 0.4) is 0 Å². The van der Waals surface area contributed by atoms with Gasteiger partial charge in [0.05, 0.1) is 12.2 Å². The van der Waals surface area contributed by atoms with Crippen molar-refractivity contribution in [2.75, 3.05) is 39.2 Å². The Morgan fingerprint density at radius 2 is 1.82 bits per heavy atom. The van der Waals surface area contributed by atoms with Crippen molar-refractivity contribution < 1.29 is 19.1 Å². The van der Waals surface area contributed by atoms with Crippen LogP contribution in [0.15, 0.2) is 48.5 Å². The zero-order valence-electron chi connectivity index (χ0n) is 16.7. The van der Waals surface area contributed by atoms with Gasteiger partial charge in [0.25, 0.3) is 5.91 Å². The van der Waals surface area contributed by atoms with Crippen LogP contribution in [0, 0.1) is 0 Å². The quantitative estimate of drug-likeness (QED) is 0.638. The Hall–Kier alpha value is -2.86. The Labute approximate surface area is 166 Å². The van der Waals surface area contributed by atoms with Crippen LogP contribution in [-0.2, 0) is 16.0 Å². The van der Waals surface area contributed by atoms with Gasteiger partial charge >= 0.3 is 0 Å². The van der Waals surface area contributed by atoms with Crippen LogP contribution in [0.5, 0.6) is 5.75 Å². The first-order chi connectivity index (χ1) is 13.5. The molecule has 2 aromatic rings. The smallest absolute Gasteiger partial charge is 0.259 e. The van der Waals surface area contributed by atoms with Crippen molar-refractivity contribution in [1.82, 2.24) is 4.90 Å². The summed E-state index contributed by atoms with van der Waals surface area (Å²) in [7, 11) is 3.49. The number of para-hydroxylation sites is 1. The summed E-state index contributed by atoms with van der Waals surface area (Å²) in [6.07, 6.45) is 1.05. The summed E-state index contributed by atoms with van der Waals surface area (Å²) in [5.41, 5.74) is 2.14. The van der Waals surface area contributed by atoms with Crippen LogP contribution in [0.25, 0.3) is 0 Å². The highest BCUT2D eigenvalue weighted by Crippen LogP contribution is 2.20. The topological polar surface area (TPSA) is 67.9 Å². The molecule has 2 aromatic carbocycles. The molecule has 0 aliphatic rings. The van der Waals surface area contributed by atoms with Crippen LogP contribution in [-0.4, -0.2) is 50.6 Å². The van der Waals surface area contributed by atoms with E-state index in [1.165, 1.54) is 0 Å². The van der Waals surface area contributed by atoms with Crippen LogP contribution in [0.1, 0.15) is 29.3 Å². The van der Waals surface area contributed by atoms with Crippen LogP contribution in [0.2, 0.25) is 0 Å². The summed E-state index contributed by atoms with van der Waals surface area (Å²) in [5.74, 6) is 0.355. The molecular weight excluding hydrogens is 356 g/mol. The third kappa shape index (κ3) is 6.70. The fraction of sp³-hybridized carbons (Fsp3) is 0.364. The minimum atomic E-state index is -0.242. The molecule has 1 N–H and O–H groups in total. The molecular formula is C22H28N2O4. The summed E-state index contributed by atoms with van der Waals surface area (Å²) in [6.45, 7) is 3.40. The van der Waals surface area contributed by atoms with Crippen LogP contribution < -0.4 is 10.1 Å². The lowest BCUT2D eigenvalue weighted by molar-refractivity contribution is -0.128. The maximum absolute atomic E-state index is 12.7. The summed E-state index contributed by atoms with van der Waals surface area (Å²) >= 11 is 0. The summed E-state index contributed by atoms with van der Waals surface area (Å²) in [4.78, 5) is 26.0. The number of carbonyl (C=O) groups is 2. The van der Waals surface area contributed by atoms with Gasteiger partial charge < -0.3 is 19.7 Å². The molecule has 0 heterocycles. The average Bonchev–Trinajstić information content (AvgIpc) is 2.70. The van der Waals surface area contributed by atoms with Gasteiger partial charge in [-0.05, 0) is 43.2 Å². The molecule has 0 saturated heterocycles. The van der Waals surface area contributed by atoms with Gasteiger partial charge in [-0.1, -0.05) is 24.3 Å². The van der Waals surface area contributed by atoms with Crippen molar-refractivity contribution in [1.29, 1.82) is 0 Å². The van der Waals surface area contributed by atoms with Crippen molar-refractivity contribution in [2.24, 2.45) is 0 Å². The first-order valence-electron chi connectivity index (χ1n) is 9.41. The Kier molecular flexibility index (Phi) is 8.49. The Balaban J connectivity index is 2.01. The third-order valence-corrected chi connectivity index (χ3v) is 4.13. The number of hydrogen-bond donors (Lipinski definition) is 1. The maximum atomic E-state index is 12.7. The molecule has 0 radical (unpaired) electrons. The number of ether oxygens (including phenoxy) is 2. The van der Waals surface area contributed by atoms with E-state index >= 15 is 0 Å². The summed E-state index contributed by atoms with van der Waals surface area (Å²) < 4.78 is 10.9. The van der Waals surface area contributed by atoms with Crippen molar-refractivity contribution >= 4 is 17.5 Å². The molecule has 0 aliphatic heterocycles. The number of carbonyl (C=O) groups excluding carboxylic acids is 2. The predicted octanol–water partition coefficient (Wildman–Crippen LogP) is 3.38. The fourth-order valence-electron chi connectivity index (χ4n) is 2.61. The molecule has 28 heavy (non-hydrogen) atoms. The zero-order chi connectivity index (χ0) is 20.4. The highest BCUT2D eigenvalue weighted by molar-refractivity contribution is 6.06. The van der Waals surface area contributed by atoms with E-state index in [1.54, 1.807) is 37.2 Å². The molecule has 0 spiro atoms. The predicted molar refractivity (Wildman–Crippen MR) is 110 cm³/mol. The Bertz CT molecular complexity index is 790. The van der Waals surface area contributed by atoms with Gasteiger partial charge in [0.1, 0.15) is 12.4 Å². The number of anilines is 1.